The van der Waals surface area contributed by atoms with Crippen molar-refractivity contribution in [3.05, 3.63) is 35.9 Å². The lowest BCUT2D eigenvalue weighted by atomic mass is 9.81. The molecule has 2 rings (SSSR count). The van der Waals surface area contributed by atoms with Gasteiger partial charge in [0.15, 0.2) is 0 Å². The highest BCUT2D eigenvalue weighted by Gasteiger charge is 2.42. The molecule has 1 saturated carbocycles. The first kappa shape index (κ1) is 15.0. The first-order chi connectivity index (χ1) is 9.56. The van der Waals surface area contributed by atoms with Crippen molar-refractivity contribution in [3.63, 3.8) is 0 Å². The van der Waals surface area contributed by atoms with E-state index in [2.05, 4.69) is 12.2 Å². The average Bonchev–Trinajstić information content (AvgIpc) is 2.98. The van der Waals surface area contributed by atoms with Crippen LogP contribution >= 0.6 is 0 Å². The summed E-state index contributed by atoms with van der Waals surface area (Å²) in [4.78, 5) is 12.7. The zero-order chi connectivity index (χ0) is 14.6. The summed E-state index contributed by atoms with van der Waals surface area (Å²) in [7, 11) is 0. The Balaban J connectivity index is 2.20. The number of hydrogen-bond acceptors (Lipinski definition) is 2. The summed E-state index contributed by atoms with van der Waals surface area (Å²) in [5, 5.41) is 12.9. The van der Waals surface area contributed by atoms with E-state index < -0.39 is 5.54 Å². The third-order valence-corrected chi connectivity index (χ3v) is 4.84. The number of benzene rings is 1. The normalized spacial score (nSPS) is 20.4. The number of amides is 1. The monoisotopic (exact) mass is 275 g/mol. The van der Waals surface area contributed by atoms with Crippen LogP contribution in [0.15, 0.2) is 30.3 Å². The number of hydrogen-bond donors (Lipinski definition) is 2. The summed E-state index contributed by atoms with van der Waals surface area (Å²) in [6, 6.07) is 9.70. The SMILES string of the molecule is CCC1(C(=O)NC(C)(CO)c2ccccc2)CCCC1. The Morgan fingerprint density at radius 2 is 1.90 bits per heavy atom. The first-order valence-electron chi connectivity index (χ1n) is 7.55. The molecule has 110 valence electrons. The summed E-state index contributed by atoms with van der Waals surface area (Å²) >= 11 is 0. The Labute approximate surface area is 121 Å². The van der Waals surface area contributed by atoms with Gasteiger partial charge in [0.05, 0.1) is 12.1 Å². The first-order valence-corrected chi connectivity index (χ1v) is 7.55. The van der Waals surface area contributed by atoms with Crippen LogP contribution in [0.4, 0.5) is 0 Å². The second kappa shape index (κ2) is 5.96. The maximum atomic E-state index is 12.7. The lowest BCUT2D eigenvalue weighted by Gasteiger charge is -2.35. The van der Waals surface area contributed by atoms with Gasteiger partial charge in [-0.3, -0.25) is 4.79 Å². The molecule has 0 heterocycles. The highest BCUT2D eigenvalue weighted by molar-refractivity contribution is 5.83. The number of carbonyl (C=O) groups excluding carboxylic acids is 1. The quantitative estimate of drug-likeness (QED) is 0.868. The number of rotatable bonds is 5. The van der Waals surface area contributed by atoms with Crippen LogP contribution in [0, 0.1) is 5.41 Å². The minimum atomic E-state index is -0.705. The fourth-order valence-corrected chi connectivity index (χ4v) is 3.19. The van der Waals surface area contributed by atoms with E-state index in [0.717, 1.165) is 37.7 Å². The summed E-state index contributed by atoms with van der Waals surface area (Å²) in [5.41, 5.74) is 0.00834. The van der Waals surface area contributed by atoms with Gasteiger partial charge in [-0.25, -0.2) is 0 Å². The van der Waals surface area contributed by atoms with E-state index in [0.29, 0.717) is 0 Å². The second-order valence-corrected chi connectivity index (χ2v) is 6.15. The maximum Gasteiger partial charge on any atom is 0.226 e. The zero-order valence-electron chi connectivity index (χ0n) is 12.5. The molecule has 3 heteroatoms. The Morgan fingerprint density at radius 1 is 1.30 bits per heavy atom. The molecule has 1 aliphatic rings. The van der Waals surface area contributed by atoms with E-state index in [1.807, 2.05) is 37.3 Å². The van der Waals surface area contributed by atoms with Gasteiger partial charge in [0, 0.05) is 5.41 Å². The zero-order valence-corrected chi connectivity index (χ0v) is 12.5. The largest absolute Gasteiger partial charge is 0.394 e. The minimum Gasteiger partial charge on any atom is -0.394 e. The number of aliphatic hydroxyl groups is 1. The van der Waals surface area contributed by atoms with Gasteiger partial charge in [0.2, 0.25) is 5.91 Å². The Morgan fingerprint density at radius 3 is 2.40 bits per heavy atom. The average molecular weight is 275 g/mol. The summed E-state index contributed by atoms with van der Waals surface area (Å²) in [6.45, 7) is 3.88. The van der Waals surface area contributed by atoms with Gasteiger partial charge < -0.3 is 10.4 Å². The molecule has 0 spiro atoms. The summed E-state index contributed by atoms with van der Waals surface area (Å²) in [6.07, 6.45) is 5.05. The molecule has 1 fully saturated rings. The van der Waals surface area contributed by atoms with Crippen molar-refractivity contribution in [2.75, 3.05) is 6.61 Å². The van der Waals surface area contributed by atoms with E-state index in [1.165, 1.54) is 0 Å². The van der Waals surface area contributed by atoms with Crippen LogP contribution in [-0.2, 0) is 10.3 Å². The molecule has 0 saturated heterocycles. The highest BCUT2D eigenvalue weighted by Crippen LogP contribution is 2.41. The van der Waals surface area contributed by atoms with Gasteiger partial charge in [-0.2, -0.15) is 0 Å². The van der Waals surface area contributed by atoms with Crippen molar-refractivity contribution in [1.82, 2.24) is 5.32 Å². The van der Waals surface area contributed by atoms with Crippen LogP contribution in [0.3, 0.4) is 0 Å². The molecule has 2 N–H and O–H groups in total. The van der Waals surface area contributed by atoms with E-state index in [4.69, 9.17) is 0 Å². The number of nitrogens with one attached hydrogen (secondary N) is 1. The molecule has 0 bridgehead atoms. The van der Waals surface area contributed by atoms with Crippen molar-refractivity contribution in [2.45, 2.75) is 51.5 Å². The Bertz CT molecular complexity index is 451. The van der Waals surface area contributed by atoms with Gasteiger partial charge in [-0.15, -0.1) is 0 Å². The highest BCUT2D eigenvalue weighted by atomic mass is 16.3. The Hall–Kier alpha value is -1.35. The van der Waals surface area contributed by atoms with Gasteiger partial charge in [0.25, 0.3) is 0 Å². The fourth-order valence-electron chi connectivity index (χ4n) is 3.19. The summed E-state index contributed by atoms with van der Waals surface area (Å²) < 4.78 is 0. The van der Waals surface area contributed by atoms with Crippen LogP contribution in [0.5, 0.6) is 0 Å². The molecule has 1 amide bonds. The lowest BCUT2D eigenvalue weighted by molar-refractivity contribution is -0.133. The van der Waals surface area contributed by atoms with E-state index in [9.17, 15) is 9.90 Å². The molecule has 0 aromatic heterocycles. The molecule has 20 heavy (non-hydrogen) atoms. The van der Waals surface area contributed by atoms with Gasteiger partial charge >= 0.3 is 0 Å². The minimum absolute atomic E-state index is 0.0947. The van der Waals surface area contributed by atoms with Crippen LogP contribution in [0.25, 0.3) is 0 Å². The van der Waals surface area contributed by atoms with E-state index in [1.54, 1.807) is 0 Å². The number of carbonyl (C=O) groups is 1. The van der Waals surface area contributed by atoms with Crippen LogP contribution < -0.4 is 5.32 Å². The predicted molar refractivity (Wildman–Crippen MR) is 80.2 cm³/mol. The van der Waals surface area contributed by atoms with Crippen molar-refractivity contribution < 1.29 is 9.90 Å². The third-order valence-electron chi connectivity index (χ3n) is 4.84. The molecular formula is C17H25NO2. The molecular weight excluding hydrogens is 250 g/mol. The molecule has 1 aliphatic carbocycles. The number of aliphatic hydroxyl groups excluding tert-OH is 1. The van der Waals surface area contributed by atoms with Crippen molar-refractivity contribution in [3.8, 4) is 0 Å². The predicted octanol–water partition coefficient (Wildman–Crippen LogP) is 2.98. The van der Waals surface area contributed by atoms with Gasteiger partial charge in [-0.05, 0) is 31.7 Å². The topological polar surface area (TPSA) is 49.3 Å². The smallest absolute Gasteiger partial charge is 0.226 e. The van der Waals surface area contributed by atoms with Crippen LogP contribution in [0.1, 0.15) is 51.5 Å². The van der Waals surface area contributed by atoms with Crippen molar-refractivity contribution in [1.29, 1.82) is 0 Å². The Kier molecular flexibility index (Phi) is 4.48. The van der Waals surface area contributed by atoms with Crippen molar-refractivity contribution >= 4 is 5.91 Å². The standard InChI is InChI=1S/C17H25NO2/c1-3-17(11-7-8-12-17)15(20)18-16(2,13-19)14-9-5-4-6-10-14/h4-6,9-10,19H,3,7-8,11-13H2,1-2H3,(H,18,20). The van der Waals surface area contributed by atoms with E-state index in [-0.39, 0.29) is 17.9 Å². The van der Waals surface area contributed by atoms with Gasteiger partial charge in [0.1, 0.15) is 0 Å². The van der Waals surface area contributed by atoms with E-state index >= 15 is 0 Å². The van der Waals surface area contributed by atoms with Gasteiger partial charge in [-0.1, -0.05) is 50.1 Å². The molecule has 3 nitrogen and oxygen atoms in total. The molecule has 1 unspecified atom stereocenters. The molecule has 1 aromatic rings. The third kappa shape index (κ3) is 2.73. The lowest BCUT2D eigenvalue weighted by Crippen LogP contribution is -2.51. The second-order valence-electron chi connectivity index (χ2n) is 6.15. The molecule has 1 atom stereocenters. The van der Waals surface area contributed by atoms with Crippen LogP contribution in [0.2, 0.25) is 0 Å². The maximum absolute atomic E-state index is 12.7. The molecule has 0 radical (unpaired) electrons. The summed E-state index contributed by atoms with van der Waals surface area (Å²) in [5.74, 6) is 0.0953. The van der Waals surface area contributed by atoms with Crippen molar-refractivity contribution in [2.24, 2.45) is 5.41 Å². The molecule has 1 aromatic carbocycles. The van der Waals surface area contributed by atoms with Crippen LogP contribution in [-0.4, -0.2) is 17.6 Å². The molecule has 0 aliphatic heterocycles. The fraction of sp³-hybridized carbons (Fsp3) is 0.588.